The maximum atomic E-state index is 14.4. The molecule has 1 aliphatic heterocycles. The molecule has 0 saturated carbocycles. The number of amides is 5. The largest absolute Gasteiger partial charge is 0.445 e. The number of aliphatic hydroxyl groups excluding tert-OH is 1. The summed E-state index contributed by atoms with van der Waals surface area (Å²) < 4.78 is 6.37. The molecule has 4 unspecified atom stereocenters. The molecule has 0 bridgehead atoms. The van der Waals surface area contributed by atoms with E-state index in [1.165, 1.54) is 23.8 Å². The molecule has 63 heavy (non-hydrogen) atoms. The molecule has 17 heteroatoms. The highest BCUT2D eigenvalue weighted by atomic mass is 32.2. The van der Waals surface area contributed by atoms with Crippen molar-refractivity contribution in [2.45, 2.75) is 96.0 Å². The fraction of sp³-hybridized carbons (Fsp3) is 0.457. The number of hydrogen-bond acceptors (Lipinski definition) is 12. The molecule has 0 radical (unpaired) electrons. The summed E-state index contributed by atoms with van der Waals surface area (Å²) in [4.78, 5) is 78.8. The van der Waals surface area contributed by atoms with Crippen molar-refractivity contribution in [2.75, 3.05) is 44.9 Å². The Morgan fingerprint density at radius 3 is 2.33 bits per heavy atom. The summed E-state index contributed by atoms with van der Waals surface area (Å²) in [5.74, 6) is -0.968. The van der Waals surface area contributed by atoms with Gasteiger partial charge >= 0.3 is 6.09 Å². The van der Waals surface area contributed by atoms with E-state index in [2.05, 4.69) is 37.6 Å². The second kappa shape index (κ2) is 22.8. The third kappa shape index (κ3) is 14.1. The van der Waals surface area contributed by atoms with Gasteiger partial charge in [0.05, 0.1) is 22.9 Å². The van der Waals surface area contributed by atoms with Crippen LogP contribution in [0.2, 0.25) is 0 Å². The van der Waals surface area contributed by atoms with Crippen molar-refractivity contribution >= 4 is 73.8 Å². The number of thioether (sulfide) groups is 1. The van der Waals surface area contributed by atoms with Gasteiger partial charge in [-0.25, -0.2) is 9.78 Å². The van der Waals surface area contributed by atoms with Gasteiger partial charge in [-0.15, -0.1) is 23.1 Å². The monoisotopic (exact) mass is 898 g/mol. The van der Waals surface area contributed by atoms with Crippen molar-refractivity contribution in [3.8, 4) is 0 Å². The van der Waals surface area contributed by atoms with Gasteiger partial charge < -0.3 is 41.3 Å². The Bertz CT molecular complexity index is 2280. The Balaban J connectivity index is 1.19. The van der Waals surface area contributed by atoms with Crippen molar-refractivity contribution in [1.29, 1.82) is 0 Å². The van der Waals surface area contributed by atoms with E-state index in [9.17, 15) is 29.1 Å². The first-order chi connectivity index (χ1) is 30.4. The molecular weight excluding hydrogens is 841 g/mol. The van der Waals surface area contributed by atoms with E-state index in [0.29, 0.717) is 43.7 Å². The highest BCUT2D eigenvalue weighted by Crippen LogP contribution is 2.34. The molecule has 2 aliphatic rings. The summed E-state index contributed by atoms with van der Waals surface area (Å²) in [5.41, 5.74) is 6.41. The molecule has 0 spiro atoms. The lowest BCUT2D eigenvalue weighted by molar-refractivity contribution is -0.132. The molecule has 4 atom stereocenters. The number of anilines is 1. The Kier molecular flexibility index (Phi) is 17.1. The van der Waals surface area contributed by atoms with Gasteiger partial charge in [-0.2, -0.15) is 0 Å². The number of carbonyl (C=O) groups excluding carboxylic acids is 5. The van der Waals surface area contributed by atoms with Crippen LogP contribution in [0.5, 0.6) is 0 Å². The van der Waals surface area contributed by atoms with Crippen LogP contribution in [0.15, 0.2) is 65.7 Å². The van der Waals surface area contributed by atoms with E-state index in [1.807, 2.05) is 74.4 Å². The number of unbranched alkanes of at least 4 members (excludes halogenated alkanes) is 2. The summed E-state index contributed by atoms with van der Waals surface area (Å²) in [6.45, 7) is 4.61. The van der Waals surface area contributed by atoms with E-state index >= 15 is 0 Å². The van der Waals surface area contributed by atoms with Crippen LogP contribution in [-0.4, -0.2) is 113 Å². The Hall–Kier alpha value is -5.36. The minimum absolute atomic E-state index is 0.0196. The molecule has 0 saturated heterocycles. The van der Waals surface area contributed by atoms with Gasteiger partial charge in [-0.1, -0.05) is 42.5 Å². The second-order valence-corrected chi connectivity index (χ2v) is 18.4. The second-order valence-electron chi connectivity index (χ2n) is 16.3. The number of hydrogen-bond donors (Lipinski definition) is 6. The number of ether oxygens (including phenoxy) is 1. The number of aryl methyl sites for hydroxylation is 1. The summed E-state index contributed by atoms with van der Waals surface area (Å²) in [6, 6.07) is 15.5. The Morgan fingerprint density at radius 2 is 1.62 bits per heavy atom. The zero-order valence-corrected chi connectivity index (χ0v) is 38.0. The fourth-order valence-electron chi connectivity index (χ4n) is 7.32. The quantitative estimate of drug-likeness (QED) is 0.0493. The van der Waals surface area contributed by atoms with Gasteiger partial charge in [0.1, 0.15) is 34.8 Å². The average molecular weight is 899 g/mol. The third-order valence-corrected chi connectivity index (χ3v) is 13.2. The minimum atomic E-state index is -1.05. The summed E-state index contributed by atoms with van der Waals surface area (Å²) >= 11 is 3.00. The molecule has 1 aliphatic carbocycles. The lowest BCUT2D eigenvalue weighted by Gasteiger charge is -2.26. The molecule has 6 N–H and O–H groups in total. The normalized spacial score (nSPS) is 15.5. The van der Waals surface area contributed by atoms with Crippen molar-refractivity contribution in [1.82, 2.24) is 31.2 Å². The molecule has 2 heterocycles. The van der Waals surface area contributed by atoms with Crippen LogP contribution >= 0.6 is 23.1 Å². The predicted octanol–water partition coefficient (Wildman–Crippen LogP) is 4.85. The van der Waals surface area contributed by atoms with Crippen LogP contribution in [0.3, 0.4) is 0 Å². The number of nitrogens with one attached hydrogen (secondary N) is 5. The van der Waals surface area contributed by atoms with Crippen LogP contribution < -0.4 is 26.6 Å². The molecule has 1 aromatic heterocycles. The van der Waals surface area contributed by atoms with Gasteiger partial charge in [0.25, 0.3) is 0 Å². The molecule has 0 fully saturated rings. The third-order valence-electron chi connectivity index (χ3n) is 10.9. The maximum Gasteiger partial charge on any atom is 0.408 e. The highest BCUT2D eigenvalue weighted by Gasteiger charge is 2.32. The Morgan fingerprint density at radius 1 is 0.889 bits per heavy atom. The predicted molar refractivity (Wildman–Crippen MR) is 248 cm³/mol. The molecule has 4 aromatic rings. The van der Waals surface area contributed by atoms with Gasteiger partial charge in [-0.3, -0.25) is 24.2 Å². The highest BCUT2D eigenvalue weighted by molar-refractivity contribution is 8.15. The van der Waals surface area contributed by atoms with E-state index in [1.54, 1.807) is 17.8 Å². The van der Waals surface area contributed by atoms with Crippen molar-refractivity contribution < 1.29 is 33.8 Å². The topological polar surface area (TPSA) is 203 Å². The Labute approximate surface area is 376 Å². The number of thiazole rings is 1. The first-order valence-corrected chi connectivity index (χ1v) is 23.3. The number of aromatic nitrogens is 1. The smallest absolute Gasteiger partial charge is 0.408 e. The number of benzene rings is 3. The summed E-state index contributed by atoms with van der Waals surface area (Å²) in [6.07, 6.45) is 3.29. The first kappa shape index (κ1) is 47.1. The van der Waals surface area contributed by atoms with Crippen LogP contribution in [0, 0.1) is 6.92 Å². The zero-order valence-electron chi connectivity index (χ0n) is 36.3. The number of aliphatic hydroxyl groups is 1. The molecular formula is C46H58N8O7S2. The molecule has 6 rings (SSSR count). The molecule has 15 nitrogen and oxygen atoms in total. The number of nitrogens with zero attached hydrogens (tertiary/aromatic N) is 3. The van der Waals surface area contributed by atoms with Crippen LogP contribution in [-0.2, 0) is 43.4 Å². The van der Waals surface area contributed by atoms with E-state index in [4.69, 9.17) is 9.72 Å². The number of fused-ring (bicyclic) bond motifs is 2. The van der Waals surface area contributed by atoms with Gasteiger partial charge in [0.15, 0.2) is 0 Å². The van der Waals surface area contributed by atoms with Gasteiger partial charge in [-0.05, 0) is 119 Å². The number of carbonyl (C=O) groups is 5. The van der Waals surface area contributed by atoms with Crippen molar-refractivity contribution in [3.05, 3.63) is 93.5 Å². The molecule has 5 amide bonds. The molecule has 336 valence electrons. The van der Waals surface area contributed by atoms with E-state index in [-0.39, 0.29) is 38.0 Å². The van der Waals surface area contributed by atoms with E-state index < -0.39 is 41.9 Å². The van der Waals surface area contributed by atoms with Crippen LogP contribution in [0.1, 0.15) is 78.3 Å². The molecule has 3 aromatic carbocycles. The number of alkyl carbamates (subject to hydrolysis) is 1. The SMILES string of the molecule is CC(=O)NCCCCC(NC(=O)C(CCCCN(C)C)NC(=O)C(Cc1c(C)ccc2c1C2)NC(=O)OCc1ccccc1)C(=O)Nc1ccc2nc(C3=NC(CO)CS3)sc2c1. The number of rotatable bonds is 23. The summed E-state index contributed by atoms with van der Waals surface area (Å²) in [7, 11) is 3.93. The van der Waals surface area contributed by atoms with Crippen molar-refractivity contribution in [3.63, 3.8) is 0 Å². The van der Waals surface area contributed by atoms with E-state index in [0.717, 1.165) is 61.9 Å². The fourth-order valence-corrected chi connectivity index (χ4v) is 9.44. The maximum absolute atomic E-state index is 14.4. The first-order valence-electron chi connectivity index (χ1n) is 21.5. The van der Waals surface area contributed by atoms with Crippen LogP contribution in [0.4, 0.5) is 10.5 Å². The lowest BCUT2D eigenvalue weighted by atomic mass is 9.99. The van der Waals surface area contributed by atoms with Crippen molar-refractivity contribution in [2.24, 2.45) is 4.99 Å². The van der Waals surface area contributed by atoms with Crippen LogP contribution in [0.25, 0.3) is 10.2 Å². The van der Waals surface area contributed by atoms with Gasteiger partial charge in [0, 0.05) is 31.3 Å². The summed E-state index contributed by atoms with van der Waals surface area (Å²) in [5, 5.41) is 25.5. The standard InChI is InChI=1S/C46H58N8O7S2/c1-28-16-17-31-22-35(31)34(28)24-39(53-46(60)61-26-30-12-6-5-7-13-30)43(59)51-38(15-9-11-21-54(3)4)42(58)50-37(14-8-10-20-47-29(2)56)41(57)48-32-18-19-36-40(23-32)63-45(52-36)44-49-33(25-55)27-62-44/h5-7,12-13,16-19,23,33,37-39,55H,8-11,14-15,20-22,24-27H2,1-4H3,(H,47,56)(H,48,57)(H,50,58)(H,51,59)(H,53,60). The average Bonchev–Trinajstić information content (AvgIpc) is 3.67. The lowest BCUT2D eigenvalue weighted by Crippen LogP contribution is -2.56. The minimum Gasteiger partial charge on any atom is -0.445 e. The number of aliphatic imine (C=N–C) groups is 1. The van der Waals surface area contributed by atoms with Gasteiger partial charge in [0.2, 0.25) is 23.6 Å². The zero-order chi connectivity index (χ0) is 44.9.